The molecule has 21 heavy (non-hydrogen) atoms. The summed E-state index contributed by atoms with van der Waals surface area (Å²) in [4.78, 5) is 11.1. The number of aliphatic hydroxyl groups is 1. The van der Waals surface area contributed by atoms with Gasteiger partial charge in [0, 0.05) is 13.5 Å². The van der Waals surface area contributed by atoms with Gasteiger partial charge in [-0.05, 0) is 24.1 Å². The van der Waals surface area contributed by atoms with E-state index in [1.165, 1.54) is 6.92 Å². The van der Waals surface area contributed by atoms with Gasteiger partial charge >= 0.3 is 5.97 Å². The van der Waals surface area contributed by atoms with E-state index >= 15 is 0 Å². The van der Waals surface area contributed by atoms with E-state index in [1.807, 2.05) is 24.3 Å². The lowest BCUT2D eigenvalue weighted by Gasteiger charge is -2.21. The lowest BCUT2D eigenvalue weighted by atomic mass is 10.0. The zero-order valence-electron chi connectivity index (χ0n) is 11.9. The molecule has 3 unspecified atom stereocenters. The third-order valence-corrected chi connectivity index (χ3v) is 3.37. The highest BCUT2D eigenvalue weighted by Gasteiger charge is 2.37. The molecule has 112 valence electrons. The molecule has 1 aromatic rings. The molecule has 1 saturated heterocycles. The molecule has 1 heterocycles. The average Bonchev–Trinajstić information content (AvgIpc) is 2.79. The monoisotopic (exact) mass is 289 g/mol. The molecular weight excluding hydrogens is 270 g/mol. The van der Waals surface area contributed by atoms with Crippen molar-refractivity contribution in [1.82, 2.24) is 5.32 Å². The fourth-order valence-corrected chi connectivity index (χ4v) is 2.41. The minimum Gasteiger partial charge on any atom is -0.481 e. The van der Waals surface area contributed by atoms with Gasteiger partial charge < -0.3 is 19.9 Å². The van der Waals surface area contributed by atoms with Crippen LogP contribution in [-0.2, 0) is 16.0 Å². The maximum Gasteiger partial charge on any atom is 0.303 e. The van der Waals surface area contributed by atoms with E-state index in [0.29, 0.717) is 18.7 Å². The van der Waals surface area contributed by atoms with Gasteiger partial charge in [-0.2, -0.15) is 0 Å². The first-order valence-corrected chi connectivity index (χ1v) is 6.84. The van der Waals surface area contributed by atoms with Gasteiger partial charge in [0.25, 0.3) is 0 Å². The van der Waals surface area contributed by atoms with Crippen molar-refractivity contribution in [2.45, 2.75) is 31.6 Å². The van der Waals surface area contributed by atoms with Crippen molar-refractivity contribution >= 4 is 5.97 Å². The van der Waals surface area contributed by atoms with Gasteiger partial charge in [-0.15, -0.1) is 6.42 Å². The number of hydrogen-bond donors (Lipinski definition) is 2. The number of aliphatic hydroxyl groups excluding tert-OH is 1. The van der Waals surface area contributed by atoms with Gasteiger partial charge in [-0.3, -0.25) is 4.79 Å². The van der Waals surface area contributed by atoms with Crippen LogP contribution in [-0.4, -0.2) is 42.5 Å². The molecule has 0 aliphatic carbocycles. The second-order valence-electron chi connectivity index (χ2n) is 5.00. The summed E-state index contributed by atoms with van der Waals surface area (Å²) in [5.74, 6) is 2.74. The summed E-state index contributed by atoms with van der Waals surface area (Å²) in [5.41, 5.74) is 1.06. The second-order valence-corrected chi connectivity index (χ2v) is 5.00. The molecule has 0 bridgehead atoms. The van der Waals surface area contributed by atoms with Crippen molar-refractivity contribution in [3.63, 3.8) is 0 Å². The first kappa shape index (κ1) is 15.4. The SMILES string of the molecule is C#CCOc1ccc(CC2NCC(O)C2OC(C)=O)cc1. The summed E-state index contributed by atoms with van der Waals surface area (Å²) in [5, 5.41) is 13.0. The van der Waals surface area contributed by atoms with Crippen LogP contribution in [0.25, 0.3) is 0 Å². The molecule has 3 atom stereocenters. The Kier molecular flexibility index (Phi) is 5.20. The Morgan fingerprint density at radius 3 is 2.81 bits per heavy atom. The molecular formula is C16H19NO4. The first-order valence-electron chi connectivity index (χ1n) is 6.84. The summed E-state index contributed by atoms with van der Waals surface area (Å²) in [6, 6.07) is 7.46. The molecule has 0 saturated carbocycles. The summed E-state index contributed by atoms with van der Waals surface area (Å²) in [6.07, 6.45) is 4.61. The summed E-state index contributed by atoms with van der Waals surface area (Å²) >= 11 is 0. The zero-order valence-corrected chi connectivity index (χ0v) is 11.9. The van der Waals surface area contributed by atoms with E-state index < -0.39 is 12.2 Å². The number of nitrogens with one attached hydrogen (secondary N) is 1. The Labute approximate surface area is 124 Å². The lowest BCUT2D eigenvalue weighted by molar-refractivity contribution is -0.151. The number of carbonyl (C=O) groups is 1. The van der Waals surface area contributed by atoms with Gasteiger partial charge in [-0.1, -0.05) is 18.1 Å². The van der Waals surface area contributed by atoms with Crippen molar-refractivity contribution in [3.05, 3.63) is 29.8 Å². The third kappa shape index (κ3) is 4.22. The molecule has 0 radical (unpaired) electrons. The van der Waals surface area contributed by atoms with E-state index in [1.54, 1.807) is 0 Å². The van der Waals surface area contributed by atoms with Crippen molar-refractivity contribution in [3.8, 4) is 18.1 Å². The Bertz CT molecular complexity index is 520. The van der Waals surface area contributed by atoms with E-state index in [-0.39, 0.29) is 18.6 Å². The maximum absolute atomic E-state index is 11.1. The maximum atomic E-state index is 11.1. The van der Waals surface area contributed by atoms with Gasteiger partial charge in [0.1, 0.15) is 24.6 Å². The molecule has 2 N–H and O–H groups in total. The average molecular weight is 289 g/mol. The number of esters is 1. The van der Waals surface area contributed by atoms with E-state index in [2.05, 4.69) is 11.2 Å². The summed E-state index contributed by atoms with van der Waals surface area (Å²) < 4.78 is 10.5. The number of carbonyl (C=O) groups excluding carboxylic acids is 1. The fraction of sp³-hybridized carbons (Fsp3) is 0.438. The topological polar surface area (TPSA) is 67.8 Å². The Balaban J connectivity index is 1.97. The second kappa shape index (κ2) is 7.11. The van der Waals surface area contributed by atoms with Crippen molar-refractivity contribution in [2.75, 3.05) is 13.2 Å². The fourth-order valence-electron chi connectivity index (χ4n) is 2.41. The van der Waals surface area contributed by atoms with Crippen molar-refractivity contribution in [1.29, 1.82) is 0 Å². The molecule has 2 rings (SSSR count). The number of benzene rings is 1. The minimum absolute atomic E-state index is 0.0959. The highest BCUT2D eigenvalue weighted by Crippen LogP contribution is 2.19. The Morgan fingerprint density at radius 2 is 2.19 bits per heavy atom. The predicted molar refractivity (Wildman–Crippen MR) is 77.8 cm³/mol. The van der Waals surface area contributed by atoms with E-state index in [0.717, 1.165) is 5.56 Å². The predicted octanol–water partition coefficient (Wildman–Crippen LogP) is 0.505. The molecule has 0 amide bonds. The largest absolute Gasteiger partial charge is 0.481 e. The van der Waals surface area contributed by atoms with E-state index in [9.17, 15) is 9.90 Å². The molecule has 1 aliphatic heterocycles. The van der Waals surface area contributed by atoms with Crippen LogP contribution in [0.1, 0.15) is 12.5 Å². The van der Waals surface area contributed by atoms with Crippen molar-refractivity contribution < 1.29 is 19.4 Å². The molecule has 5 heteroatoms. The smallest absolute Gasteiger partial charge is 0.303 e. The molecule has 5 nitrogen and oxygen atoms in total. The highest BCUT2D eigenvalue weighted by atomic mass is 16.6. The molecule has 0 aromatic heterocycles. The van der Waals surface area contributed by atoms with Crippen LogP contribution in [0.2, 0.25) is 0 Å². The number of terminal acetylenes is 1. The summed E-state index contributed by atoms with van der Waals surface area (Å²) in [6.45, 7) is 2.01. The van der Waals surface area contributed by atoms with Gasteiger partial charge in [0.05, 0.1) is 6.04 Å². The van der Waals surface area contributed by atoms with Crippen LogP contribution >= 0.6 is 0 Å². The quantitative estimate of drug-likeness (QED) is 0.610. The Hall–Kier alpha value is -2.03. The standard InChI is InChI=1S/C16H19NO4/c1-3-8-20-13-6-4-12(5-7-13)9-14-16(21-11(2)18)15(19)10-17-14/h1,4-7,14-17,19H,8-10H2,2H3. The van der Waals surface area contributed by atoms with Gasteiger partial charge in [0.15, 0.2) is 0 Å². The Morgan fingerprint density at radius 1 is 1.48 bits per heavy atom. The van der Waals surface area contributed by atoms with Crippen LogP contribution in [0.4, 0.5) is 0 Å². The first-order chi connectivity index (χ1) is 10.1. The van der Waals surface area contributed by atoms with Crippen LogP contribution in [0.15, 0.2) is 24.3 Å². The molecule has 1 aromatic carbocycles. The molecule has 0 spiro atoms. The highest BCUT2D eigenvalue weighted by molar-refractivity contribution is 5.66. The van der Waals surface area contributed by atoms with Crippen molar-refractivity contribution in [2.24, 2.45) is 0 Å². The third-order valence-electron chi connectivity index (χ3n) is 3.37. The molecule has 1 fully saturated rings. The number of rotatable bonds is 5. The van der Waals surface area contributed by atoms with Crippen LogP contribution in [0.5, 0.6) is 5.75 Å². The molecule has 1 aliphatic rings. The minimum atomic E-state index is -0.669. The van der Waals surface area contributed by atoms with Crippen LogP contribution in [0, 0.1) is 12.3 Å². The van der Waals surface area contributed by atoms with Crippen LogP contribution < -0.4 is 10.1 Å². The van der Waals surface area contributed by atoms with Gasteiger partial charge in [-0.25, -0.2) is 0 Å². The number of β-amino-alcohol motifs (C(OH)–C–C–N with tert-alkyl or cyclic N) is 1. The lowest BCUT2D eigenvalue weighted by Crippen LogP contribution is -2.38. The number of ether oxygens (including phenoxy) is 2. The van der Waals surface area contributed by atoms with Gasteiger partial charge in [0.2, 0.25) is 0 Å². The normalized spacial score (nSPS) is 24.3. The van der Waals surface area contributed by atoms with Crippen LogP contribution in [0.3, 0.4) is 0 Å². The zero-order chi connectivity index (χ0) is 15.2. The number of hydrogen-bond acceptors (Lipinski definition) is 5. The van der Waals surface area contributed by atoms with E-state index in [4.69, 9.17) is 15.9 Å². The summed E-state index contributed by atoms with van der Waals surface area (Å²) in [7, 11) is 0.